The molecule has 0 atom stereocenters. The number of fused-ring (bicyclic) bond motifs is 1. The van der Waals surface area contributed by atoms with Crippen molar-refractivity contribution in [3.63, 3.8) is 0 Å². The maximum absolute atomic E-state index is 13.2. The van der Waals surface area contributed by atoms with E-state index in [0.29, 0.717) is 23.2 Å². The predicted molar refractivity (Wildman–Crippen MR) is 120 cm³/mol. The van der Waals surface area contributed by atoms with Crippen LogP contribution in [0.3, 0.4) is 0 Å². The van der Waals surface area contributed by atoms with Crippen LogP contribution >= 0.6 is 11.3 Å². The number of hydrogen-bond acceptors (Lipinski definition) is 5. The Balaban J connectivity index is 1.62. The van der Waals surface area contributed by atoms with Crippen LogP contribution in [0, 0.1) is 6.92 Å². The number of carbonyl (C=O) groups is 1. The lowest BCUT2D eigenvalue weighted by Gasteiger charge is -2.20. The molecule has 0 saturated carbocycles. The highest BCUT2D eigenvalue weighted by Gasteiger charge is 2.21. The third-order valence-corrected chi connectivity index (χ3v) is 5.79. The normalized spacial score (nSPS) is 10.7. The van der Waals surface area contributed by atoms with Crippen LogP contribution in [0.2, 0.25) is 0 Å². The molecule has 3 aromatic carbocycles. The molecule has 6 heteroatoms. The Kier molecular flexibility index (Phi) is 5.95. The van der Waals surface area contributed by atoms with Gasteiger partial charge in [-0.1, -0.05) is 65.9 Å². The second-order valence-electron chi connectivity index (χ2n) is 6.82. The summed E-state index contributed by atoms with van der Waals surface area (Å²) in [5, 5.41) is 0.664. The number of para-hydroxylation sites is 3. The van der Waals surface area contributed by atoms with E-state index in [0.717, 1.165) is 21.3 Å². The van der Waals surface area contributed by atoms with Crippen molar-refractivity contribution in [3.05, 3.63) is 83.9 Å². The summed E-state index contributed by atoms with van der Waals surface area (Å²) in [6.45, 7) is 2.34. The van der Waals surface area contributed by atoms with Gasteiger partial charge in [-0.05, 0) is 36.2 Å². The molecule has 1 heterocycles. The standard InChI is InChI=1S/C24H22N2O3S/c1-17-9-8-14-21-23(17)25-24(30-21)26(15-18-10-4-3-5-11-18)22(27)16-29-20-13-7-6-12-19(20)28-2/h3-14H,15-16H2,1-2H3. The second-order valence-corrected chi connectivity index (χ2v) is 7.83. The van der Waals surface area contributed by atoms with E-state index in [9.17, 15) is 4.79 Å². The van der Waals surface area contributed by atoms with Gasteiger partial charge < -0.3 is 9.47 Å². The monoisotopic (exact) mass is 418 g/mol. The third-order valence-electron chi connectivity index (χ3n) is 4.75. The van der Waals surface area contributed by atoms with Crippen molar-refractivity contribution >= 4 is 32.6 Å². The van der Waals surface area contributed by atoms with E-state index in [1.165, 1.54) is 11.3 Å². The van der Waals surface area contributed by atoms with Crippen LogP contribution < -0.4 is 14.4 Å². The predicted octanol–water partition coefficient (Wildman–Crippen LogP) is 5.23. The Bertz CT molecular complexity index is 1160. The minimum Gasteiger partial charge on any atom is -0.493 e. The lowest BCUT2D eigenvalue weighted by molar-refractivity contribution is -0.120. The number of carbonyl (C=O) groups excluding carboxylic acids is 1. The third kappa shape index (κ3) is 4.28. The fourth-order valence-electron chi connectivity index (χ4n) is 3.17. The Hall–Kier alpha value is -3.38. The minimum atomic E-state index is -0.165. The van der Waals surface area contributed by atoms with Gasteiger partial charge in [-0.2, -0.15) is 0 Å². The lowest BCUT2D eigenvalue weighted by Crippen LogP contribution is -2.34. The van der Waals surface area contributed by atoms with Crippen LogP contribution in [0.15, 0.2) is 72.8 Å². The molecule has 1 aromatic heterocycles. The number of rotatable bonds is 7. The Morgan fingerprint density at radius 1 is 0.967 bits per heavy atom. The summed E-state index contributed by atoms with van der Waals surface area (Å²) >= 11 is 1.51. The minimum absolute atomic E-state index is 0.109. The Labute approximate surface area is 179 Å². The van der Waals surface area contributed by atoms with Gasteiger partial charge in [-0.3, -0.25) is 9.69 Å². The number of hydrogen-bond donors (Lipinski definition) is 0. The number of amides is 1. The van der Waals surface area contributed by atoms with E-state index in [-0.39, 0.29) is 12.5 Å². The van der Waals surface area contributed by atoms with Crippen LogP contribution in [0.5, 0.6) is 11.5 Å². The van der Waals surface area contributed by atoms with Crippen molar-refractivity contribution in [1.82, 2.24) is 4.98 Å². The summed E-state index contributed by atoms with van der Waals surface area (Å²) in [7, 11) is 1.58. The van der Waals surface area contributed by atoms with E-state index < -0.39 is 0 Å². The van der Waals surface area contributed by atoms with Crippen molar-refractivity contribution in [3.8, 4) is 11.5 Å². The highest BCUT2D eigenvalue weighted by Crippen LogP contribution is 2.32. The van der Waals surface area contributed by atoms with Crippen molar-refractivity contribution in [1.29, 1.82) is 0 Å². The van der Waals surface area contributed by atoms with Gasteiger partial charge in [0.25, 0.3) is 5.91 Å². The molecule has 4 rings (SSSR count). The summed E-state index contributed by atoms with van der Waals surface area (Å²) in [6, 6.07) is 23.2. The number of aromatic nitrogens is 1. The van der Waals surface area contributed by atoms with E-state index in [1.807, 2.05) is 67.6 Å². The summed E-state index contributed by atoms with van der Waals surface area (Å²) in [5.74, 6) is 0.963. The van der Waals surface area contributed by atoms with Gasteiger partial charge >= 0.3 is 0 Å². The van der Waals surface area contributed by atoms with Crippen molar-refractivity contribution in [2.75, 3.05) is 18.6 Å². The number of ether oxygens (including phenoxy) is 2. The smallest absolute Gasteiger partial charge is 0.267 e. The number of aryl methyl sites for hydroxylation is 1. The van der Waals surface area contributed by atoms with E-state index in [2.05, 4.69) is 0 Å². The number of nitrogens with zero attached hydrogens (tertiary/aromatic N) is 2. The average Bonchev–Trinajstić information content (AvgIpc) is 3.22. The molecule has 0 aliphatic rings. The molecule has 0 N–H and O–H groups in total. The van der Waals surface area contributed by atoms with Gasteiger partial charge in [0, 0.05) is 0 Å². The summed E-state index contributed by atoms with van der Waals surface area (Å²) < 4.78 is 12.2. The molecule has 0 saturated heterocycles. The van der Waals surface area contributed by atoms with Crippen molar-refractivity contribution < 1.29 is 14.3 Å². The Morgan fingerprint density at radius 3 is 2.43 bits per heavy atom. The number of benzene rings is 3. The molecule has 30 heavy (non-hydrogen) atoms. The molecule has 0 spiro atoms. The summed E-state index contributed by atoms with van der Waals surface area (Å²) in [6.07, 6.45) is 0. The molecule has 1 amide bonds. The first-order valence-electron chi connectivity index (χ1n) is 9.62. The zero-order chi connectivity index (χ0) is 20.9. The first kappa shape index (κ1) is 19.9. The van der Waals surface area contributed by atoms with E-state index >= 15 is 0 Å². The van der Waals surface area contributed by atoms with E-state index in [1.54, 1.807) is 24.1 Å². The SMILES string of the molecule is COc1ccccc1OCC(=O)N(Cc1ccccc1)c1nc2c(C)cccc2s1. The van der Waals surface area contributed by atoms with Crippen LogP contribution in [-0.4, -0.2) is 24.6 Å². The maximum Gasteiger partial charge on any atom is 0.267 e. The zero-order valence-corrected chi connectivity index (χ0v) is 17.7. The maximum atomic E-state index is 13.2. The van der Waals surface area contributed by atoms with Crippen LogP contribution in [0.1, 0.15) is 11.1 Å². The molecule has 0 bridgehead atoms. The highest BCUT2D eigenvalue weighted by molar-refractivity contribution is 7.22. The fourth-order valence-corrected chi connectivity index (χ4v) is 4.23. The topological polar surface area (TPSA) is 51.7 Å². The summed E-state index contributed by atoms with van der Waals surface area (Å²) in [4.78, 5) is 19.7. The lowest BCUT2D eigenvalue weighted by atomic mass is 10.2. The first-order valence-corrected chi connectivity index (χ1v) is 10.4. The molecular formula is C24H22N2O3S. The van der Waals surface area contributed by atoms with Crippen molar-refractivity contribution in [2.45, 2.75) is 13.5 Å². The van der Waals surface area contributed by atoms with Gasteiger partial charge in [0.1, 0.15) is 0 Å². The molecule has 0 aliphatic carbocycles. The van der Waals surface area contributed by atoms with Gasteiger partial charge in [0.15, 0.2) is 23.2 Å². The van der Waals surface area contributed by atoms with Gasteiger partial charge in [-0.25, -0.2) is 4.98 Å². The molecule has 0 unspecified atom stereocenters. The first-order chi connectivity index (χ1) is 14.7. The molecule has 0 radical (unpaired) electrons. The fraction of sp³-hybridized carbons (Fsp3) is 0.167. The molecule has 5 nitrogen and oxygen atoms in total. The quantitative estimate of drug-likeness (QED) is 0.413. The van der Waals surface area contributed by atoms with Crippen LogP contribution in [0.25, 0.3) is 10.2 Å². The molecule has 0 aliphatic heterocycles. The van der Waals surface area contributed by atoms with Crippen LogP contribution in [-0.2, 0) is 11.3 Å². The van der Waals surface area contributed by atoms with Gasteiger partial charge in [-0.15, -0.1) is 0 Å². The summed E-state index contributed by atoms with van der Waals surface area (Å²) in [5.41, 5.74) is 3.04. The number of anilines is 1. The largest absolute Gasteiger partial charge is 0.493 e. The second kappa shape index (κ2) is 8.97. The number of thiazole rings is 1. The van der Waals surface area contributed by atoms with Gasteiger partial charge in [0.05, 0.1) is 23.9 Å². The van der Waals surface area contributed by atoms with Crippen molar-refractivity contribution in [2.24, 2.45) is 0 Å². The van der Waals surface area contributed by atoms with E-state index in [4.69, 9.17) is 14.5 Å². The number of methoxy groups -OCH3 is 1. The van der Waals surface area contributed by atoms with Crippen LogP contribution in [0.4, 0.5) is 5.13 Å². The highest BCUT2D eigenvalue weighted by atomic mass is 32.1. The molecule has 4 aromatic rings. The molecular weight excluding hydrogens is 396 g/mol. The Morgan fingerprint density at radius 2 is 1.70 bits per heavy atom. The zero-order valence-electron chi connectivity index (χ0n) is 16.9. The molecule has 152 valence electrons. The molecule has 0 fully saturated rings. The average molecular weight is 419 g/mol. The van der Waals surface area contributed by atoms with Gasteiger partial charge in [0.2, 0.25) is 0 Å².